The van der Waals surface area contributed by atoms with Crippen molar-refractivity contribution in [1.82, 2.24) is 4.98 Å². The molecule has 2 aromatic carbocycles. The van der Waals surface area contributed by atoms with Crippen LogP contribution in [0, 0.1) is 0 Å². The average molecular weight is 317 g/mol. The molecule has 0 bridgehead atoms. The maximum atomic E-state index is 12.6. The number of allylic oxidation sites excluding steroid dienone is 1. The summed E-state index contributed by atoms with van der Waals surface area (Å²) in [5.74, 6) is 0.00907. The molecule has 0 aliphatic carbocycles. The summed E-state index contributed by atoms with van der Waals surface area (Å²) in [4.78, 5) is 27.8. The number of hydrogen-bond acceptors (Lipinski definition) is 2. The summed E-state index contributed by atoms with van der Waals surface area (Å²) in [6.07, 6.45) is 4.09. The van der Waals surface area contributed by atoms with Gasteiger partial charge in [0.25, 0.3) is 0 Å². The second-order valence-corrected chi connectivity index (χ2v) is 5.70. The molecule has 0 unspecified atom stereocenters. The molecule has 3 aromatic rings. The number of rotatable bonds is 6. The molecule has 0 atom stereocenters. The first-order valence-electron chi connectivity index (χ1n) is 8.07. The minimum Gasteiger partial charge on any atom is -0.352 e. The number of benzene rings is 2. The number of hydrogen-bond donors (Lipinski definition) is 1. The van der Waals surface area contributed by atoms with Gasteiger partial charge in [0.15, 0.2) is 0 Å². The molecule has 3 nitrogen and oxygen atoms in total. The summed E-state index contributed by atoms with van der Waals surface area (Å²) in [7, 11) is 0. The van der Waals surface area contributed by atoms with E-state index in [1.807, 2.05) is 61.5 Å². The van der Waals surface area contributed by atoms with Gasteiger partial charge in [-0.1, -0.05) is 61.5 Å². The lowest BCUT2D eigenvalue weighted by Gasteiger charge is -2.01. The number of para-hydroxylation sites is 1. The molecule has 0 aliphatic heterocycles. The third kappa shape index (κ3) is 3.35. The largest absolute Gasteiger partial charge is 0.352 e. The molecular formula is C21H19NO2. The molecule has 0 spiro atoms. The Hall–Kier alpha value is -2.94. The Bertz CT molecular complexity index is 904. The lowest BCUT2D eigenvalue weighted by atomic mass is 10.0. The zero-order chi connectivity index (χ0) is 16.9. The number of aromatic amines is 1. The van der Waals surface area contributed by atoms with Crippen LogP contribution in [0.2, 0.25) is 0 Å². The third-order valence-corrected chi connectivity index (χ3v) is 4.06. The normalized spacial score (nSPS) is 11.2. The molecule has 1 aromatic heterocycles. The van der Waals surface area contributed by atoms with Gasteiger partial charge < -0.3 is 4.98 Å². The second-order valence-electron chi connectivity index (χ2n) is 5.70. The summed E-state index contributed by atoms with van der Waals surface area (Å²) in [5.41, 5.74) is 3.14. The highest BCUT2D eigenvalue weighted by molar-refractivity contribution is 6.11. The first-order chi connectivity index (χ1) is 11.7. The van der Waals surface area contributed by atoms with Crippen LogP contribution in [-0.2, 0) is 11.2 Å². The lowest BCUT2D eigenvalue weighted by molar-refractivity contribution is -0.118. The number of Topliss-reactive ketones (excluding diaryl/α,β-unsaturated/α-hetero) is 1. The second kappa shape index (κ2) is 7.09. The number of ketones is 2. The van der Waals surface area contributed by atoms with E-state index < -0.39 is 0 Å². The fourth-order valence-corrected chi connectivity index (χ4v) is 2.74. The Morgan fingerprint density at radius 3 is 2.46 bits per heavy atom. The van der Waals surface area contributed by atoms with Gasteiger partial charge in [-0.3, -0.25) is 9.59 Å². The number of carbonyl (C=O) groups is 2. The molecule has 0 fully saturated rings. The highest BCUT2D eigenvalue weighted by atomic mass is 16.1. The molecule has 120 valence electrons. The van der Waals surface area contributed by atoms with Crippen molar-refractivity contribution in [3.05, 3.63) is 77.5 Å². The maximum Gasteiger partial charge on any atom is 0.202 e. The number of nitrogens with one attached hydrogen (secondary N) is 1. The van der Waals surface area contributed by atoms with Gasteiger partial charge in [-0.25, -0.2) is 0 Å². The average Bonchev–Trinajstić information content (AvgIpc) is 2.99. The molecule has 0 saturated heterocycles. The van der Waals surface area contributed by atoms with E-state index in [0.29, 0.717) is 12.1 Å². The summed E-state index contributed by atoms with van der Waals surface area (Å²) < 4.78 is 0. The Morgan fingerprint density at radius 2 is 1.71 bits per heavy atom. The summed E-state index contributed by atoms with van der Waals surface area (Å²) >= 11 is 0. The van der Waals surface area contributed by atoms with Gasteiger partial charge in [0.2, 0.25) is 5.78 Å². The molecule has 3 heteroatoms. The smallest absolute Gasteiger partial charge is 0.202 e. The van der Waals surface area contributed by atoms with Crippen molar-refractivity contribution in [3.8, 4) is 0 Å². The minimum absolute atomic E-state index is 0.117. The van der Waals surface area contributed by atoms with Crippen molar-refractivity contribution in [1.29, 1.82) is 0 Å². The quantitative estimate of drug-likeness (QED) is 0.534. The predicted octanol–water partition coefficient (Wildman–Crippen LogP) is 4.59. The highest BCUT2D eigenvalue weighted by Gasteiger charge is 2.17. The fourth-order valence-electron chi connectivity index (χ4n) is 2.74. The van der Waals surface area contributed by atoms with Crippen LogP contribution in [0.1, 0.15) is 35.0 Å². The lowest BCUT2D eigenvalue weighted by Crippen LogP contribution is -2.06. The van der Waals surface area contributed by atoms with Crippen molar-refractivity contribution in [2.75, 3.05) is 0 Å². The van der Waals surface area contributed by atoms with E-state index >= 15 is 0 Å². The van der Waals surface area contributed by atoms with Gasteiger partial charge in [-0.15, -0.1) is 0 Å². The molecule has 3 rings (SSSR count). The van der Waals surface area contributed by atoms with Crippen LogP contribution < -0.4 is 0 Å². The van der Waals surface area contributed by atoms with E-state index in [0.717, 1.165) is 22.0 Å². The Morgan fingerprint density at radius 1 is 1.00 bits per heavy atom. The molecule has 1 heterocycles. The van der Waals surface area contributed by atoms with Crippen molar-refractivity contribution >= 4 is 28.5 Å². The van der Waals surface area contributed by atoms with Gasteiger partial charge in [0.1, 0.15) is 5.78 Å². The van der Waals surface area contributed by atoms with Crippen molar-refractivity contribution in [3.63, 3.8) is 0 Å². The zero-order valence-corrected chi connectivity index (χ0v) is 13.6. The van der Waals surface area contributed by atoms with E-state index in [4.69, 9.17) is 0 Å². The van der Waals surface area contributed by atoms with Gasteiger partial charge >= 0.3 is 0 Å². The molecular weight excluding hydrogens is 298 g/mol. The van der Waals surface area contributed by atoms with Crippen LogP contribution in [0.15, 0.2) is 60.7 Å². The summed E-state index contributed by atoms with van der Waals surface area (Å²) in [6, 6.07) is 17.4. The van der Waals surface area contributed by atoms with Crippen LogP contribution in [0.3, 0.4) is 0 Å². The molecule has 0 radical (unpaired) electrons. The maximum absolute atomic E-state index is 12.6. The first kappa shape index (κ1) is 15.9. The highest BCUT2D eigenvalue weighted by Crippen LogP contribution is 2.24. The van der Waals surface area contributed by atoms with Gasteiger partial charge in [-0.2, -0.15) is 0 Å². The van der Waals surface area contributed by atoms with Crippen LogP contribution in [-0.4, -0.2) is 16.6 Å². The van der Waals surface area contributed by atoms with E-state index in [2.05, 4.69) is 4.98 Å². The van der Waals surface area contributed by atoms with E-state index in [1.54, 1.807) is 12.2 Å². The molecule has 0 amide bonds. The Balaban J connectivity index is 1.98. The summed E-state index contributed by atoms with van der Waals surface area (Å²) in [5, 5.41) is 0.941. The van der Waals surface area contributed by atoms with Crippen LogP contribution in [0.25, 0.3) is 17.0 Å². The topological polar surface area (TPSA) is 49.9 Å². The van der Waals surface area contributed by atoms with Gasteiger partial charge in [0, 0.05) is 23.7 Å². The number of aromatic nitrogens is 1. The van der Waals surface area contributed by atoms with Crippen LogP contribution >= 0.6 is 0 Å². The van der Waals surface area contributed by atoms with Crippen molar-refractivity contribution in [2.24, 2.45) is 0 Å². The first-order valence-corrected chi connectivity index (χ1v) is 8.07. The van der Waals surface area contributed by atoms with E-state index in [-0.39, 0.29) is 18.0 Å². The minimum atomic E-state index is -0.117. The Labute approximate surface area is 141 Å². The third-order valence-electron chi connectivity index (χ3n) is 4.06. The van der Waals surface area contributed by atoms with Crippen molar-refractivity contribution in [2.45, 2.75) is 19.8 Å². The number of H-pyrrole nitrogens is 1. The molecule has 0 saturated carbocycles. The monoisotopic (exact) mass is 317 g/mol. The van der Waals surface area contributed by atoms with Crippen molar-refractivity contribution < 1.29 is 9.59 Å². The molecule has 24 heavy (non-hydrogen) atoms. The predicted molar refractivity (Wildman–Crippen MR) is 97.1 cm³/mol. The fraction of sp³-hybridized carbons (Fsp3) is 0.143. The zero-order valence-electron chi connectivity index (χ0n) is 13.6. The standard InChI is InChI=1S/C21H19NO2/c1-2-16(23)14-18-17-10-6-7-11-19(17)22-21(18)20(24)13-12-15-8-4-3-5-9-15/h3-13,22H,2,14H2,1H3/b13-12+. The summed E-state index contributed by atoms with van der Waals surface area (Å²) in [6.45, 7) is 1.84. The number of fused-ring (bicyclic) bond motifs is 1. The van der Waals surface area contributed by atoms with Gasteiger partial charge in [-0.05, 0) is 23.3 Å². The molecule has 0 aliphatic rings. The molecule has 1 N–H and O–H groups in total. The van der Waals surface area contributed by atoms with Crippen LogP contribution in [0.5, 0.6) is 0 Å². The van der Waals surface area contributed by atoms with E-state index in [1.165, 1.54) is 0 Å². The number of carbonyl (C=O) groups excluding carboxylic acids is 2. The Kier molecular flexibility index (Phi) is 4.71. The van der Waals surface area contributed by atoms with E-state index in [9.17, 15) is 9.59 Å². The SMILES string of the molecule is CCC(=O)Cc1c(C(=O)/C=C/c2ccccc2)[nH]c2ccccc12. The van der Waals surface area contributed by atoms with Gasteiger partial charge in [0.05, 0.1) is 5.69 Å². The van der Waals surface area contributed by atoms with Crippen LogP contribution in [0.4, 0.5) is 0 Å².